The van der Waals surface area contributed by atoms with Crippen LogP contribution in [0.1, 0.15) is 16.1 Å². The summed E-state index contributed by atoms with van der Waals surface area (Å²) in [5, 5.41) is 2.71. The van der Waals surface area contributed by atoms with Crippen molar-refractivity contribution in [1.82, 2.24) is 9.55 Å². The van der Waals surface area contributed by atoms with E-state index in [0.29, 0.717) is 11.4 Å². The van der Waals surface area contributed by atoms with E-state index in [2.05, 4.69) is 10.3 Å². The topological polar surface area (TPSA) is 93.2 Å². The number of imidazole rings is 1. The number of ether oxygens (including phenoxy) is 1. The number of H-pyrrole nitrogens is 1. The second-order valence-corrected chi connectivity index (χ2v) is 7.19. The van der Waals surface area contributed by atoms with Crippen LogP contribution >= 0.6 is 0 Å². The Bertz CT molecular complexity index is 1290. The van der Waals surface area contributed by atoms with Crippen LogP contribution in [0.2, 0.25) is 0 Å². The van der Waals surface area contributed by atoms with Crippen molar-refractivity contribution in [2.75, 3.05) is 11.9 Å². The van der Waals surface area contributed by atoms with Gasteiger partial charge in [-0.05, 0) is 54.4 Å². The number of benzene rings is 3. The smallest absolute Gasteiger partial charge is 0.338 e. The maximum atomic E-state index is 12.3. The van der Waals surface area contributed by atoms with E-state index >= 15 is 0 Å². The largest absolute Gasteiger partial charge is 0.452 e. The fourth-order valence-electron chi connectivity index (χ4n) is 3.31. The molecule has 3 aromatic carbocycles. The molecule has 2 N–H and O–H groups in total. The monoisotopic (exact) mass is 427 g/mol. The fraction of sp³-hybridized carbons (Fsp3) is 0.0800. The number of nitrogens with zero attached hydrogens (tertiary/aromatic N) is 1. The van der Waals surface area contributed by atoms with Gasteiger partial charge in [0.05, 0.1) is 11.3 Å². The van der Waals surface area contributed by atoms with E-state index in [1.54, 1.807) is 49.5 Å². The first-order valence-electron chi connectivity index (χ1n) is 10.0. The summed E-state index contributed by atoms with van der Waals surface area (Å²) >= 11 is 0. The third kappa shape index (κ3) is 4.67. The maximum absolute atomic E-state index is 12.3. The van der Waals surface area contributed by atoms with Gasteiger partial charge in [-0.25, -0.2) is 9.59 Å². The molecular formula is C25H21N3O4. The lowest BCUT2D eigenvalue weighted by atomic mass is 10.1. The Hall–Kier alpha value is -4.39. The van der Waals surface area contributed by atoms with Crippen LogP contribution in [0, 0.1) is 6.92 Å². The molecule has 0 fully saturated rings. The zero-order valence-electron chi connectivity index (χ0n) is 17.4. The Morgan fingerprint density at radius 2 is 1.56 bits per heavy atom. The van der Waals surface area contributed by atoms with E-state index in [9.17, 15) is 14.4 Å². The van der Waals surface area contributed by atoms with Gasteiger partial charge in [-0.3, -0.25) is 9.36 Å². The number of anilines is 1. The molecule has 0 spiro atoms. The normalized spacial score (nSPS) is 10.5. The molecule has 1 aromatic heterocycles. The predicted octanol–water partition coefficient (Wildman–Crippen LogP) is 3.94. The van der Waals surface area contributed by atoms with E-state index in [-0.39, 0.29) is 11.3 Å². The van der Waals surface area contributed by atoms with E-state index in [1.807, 2.05) is 42.5 Å². The number of aryl methyl sites for hydroxylation is 1. The first kappa shape index (κ1) is 20.9. The van der Waals surface area contributed by atoms with Gasteiger partial charge in [0.1, 0.15) is 0 Å². The Labute approximate surface area is 184 Å². The number of aromatic amines is 1. The zero-order valence-corrected chi connectivity index (χ0v) is 17.4. The first-order valence-corrected chi connectivity index (χ1v) is 10.0. The first-order chi connectivity index (χ1) is 15.5. The molecule has 4 rings (SSSR count). The molecule has 4 aromatic rings. The van der Waals surface area contributed by atoms with Gasteiger partial charge < -0.3 is 15.0 Å². The minimum Gasteiger partial charge on any atom is -0.452 e. The lowest BCUT2D eigenvalue weighted by Gasteiger charge is -2.09. The third-order valence-corrected chi connectivity index (χ3v) is 4.93. The molecule has 0 saturated carbocycles. The molecule has 0 aliphatic rings. The Morgan fingerprint density at radius 1 is 0.906 bits per heavy atom. The standard InChI is InChI=1S/C25H21N3O4/c1-17-15-26-25(31)28(17)22-13-9-20(10-14-22)24(30)32-16-23(29)27-21-11-7-19(8-12-21)18-5-3-2-4-6-18/h2-15H,16H2,1H3,(H,26,31)(H,27,29). The molecule has 1 heterocycles. The Morgan fingerprint density at radius 3 is 2.19 bits per heavy atom. The SMILES string of the molecule is Cc1c[nH]c(=O)n1-c1ccc(C(=O)OCC(=O)Nc2ccc(-c3ccccc3)cc2)cc1. The molecule has 0 bridgehead atoms. The summed E-state index contributed by atoms with van der Waals surface area (Å²) in [7, 11) is 0. The highest BCUT2D eigenvalue weighted by atomic mass is 16.5. The van der Waals surface area contributed by atoms with Gasteiger partial charge in [-0.15, -0.1) is 0 Å². The van der Waals surface area contributed by atoms with Crippen molar-refractivity contribution in [2.45, 2.75) is 6.92 Å². The number of esters is 1. The van der Waals surface area contributed by atoms with Crippen molar-refractivity contribution in [3.05, 3.63) is 107 Å². The molecule has 0 saturated heterocycles. The molecular weight excluding hydrogens is 406 g/mol. The van der Waals surface area contributed by atoms with Crippen LogP contribution < -0.4 is 11.0 Å². The van der Waals surface area contributed by atoms with Crippen molar-refractivity contribution in [2.24, 2.45) is 0 Å². The van der Waals surface area contributed by atoms with Gasteiger partial charge in [-0.2, -0.15) is 0 Å². The molecule has 0 aliphatic heterocycles. The summed E-state index contributed by atoms with van der Waals surface area (Å²) in [5.41, 5.74) is 4.14. The summed E-state index contributed by atoms with van der Waals surface area (Å²) in [4.78, 5) is 38.9. The Kier molecular flexibility index (Phi) is 5.98. The lowest BCUT2D eigenvalue weighted by molar-refractivity contribution is -0.119. The van der Waals surface area contributed by atoms with Gasteiger partial charge in [0.2, 0.25) is 0 Å². The van der Waals surface area contributed by atoms with Crippen molar-refractivity contribution in [3.63, 3.8) is 0 Å². The number of nitrogens with one attached hydrogen (secondary N) is 2. The molecule has 0 atom stereocenters. The number of hydrogen-bond acceptors (Lipinski definition) is 4. The molecule has 0 aliphatic carbocycles. The number of aromatic nitrogens is 2. The number of hydrogen-bond donors (Lipinski definition) is 2. The molecule has 32 heavy (non-hydrogen) atoms. The molecule has 0 unspecified atom stereocenters. The summed E-state index contributed by atoms with van der Waals surface area (Å²) < 4.78 is 6.60. The molecule has 160 valence electrons. The quantitative estimate of drug-likeness (QED) is 0.456. The van der Waals surface area contributed by atoms with Crippen molar-refractivity contribution >= 4 is 17.6 Å². The van der Waals surface area contributed by atoms with Gasteiger partial charge in [-0.1, -0.05) is 42.5 Å². The second-order valence-electron chi connectivity index (χ2n) is 7.19. The molecule has 7 nitrogen and oxygen atoms in total. The fourth-order valence-corrected chi connectivity index (χ4v) is 3.31. The zero-order chi connectivity index (χ0) is 22.5. The Balaban J connectivity index is 1.32. The van der Waals surface area contributed by atoms with Crippen molar-refractivity contribution in [1.29, 1.82) is 0 Å². The van der Waals surface area contributed by atoms with E-state index in [4.69, 9.17) is 4.74 Å². The number of rotatable bonds is 6. The number of carbonyl (C=O) groups is 2. The second kappa shape index (κ2) is 9.18. The van der Waals surface area contributed by atoms with Crippen LogP contribution in [-0.4, -0.2) is 28.0 Å². The van der Waals surface area contributed by atoms with Gasteiger partial charge >= 0.3 is 11.7 Å². The summed E-state index contributed by atoms with van der Waals surface area (Å²) in [6, 6.07) is 23.7. The highest BCUT2D eigenvalue weighted by Gasteiger charge is 2.12. The van der Waals surface area contributed by atoms with Crippen LogP contribution in [0.25, 0.3) is 16.8 Å². The van der Waals surface area contributed by atoms with Crippen LogP contribution in [0.3, 0.4) is 0 Å². The number of amides is 1. The van der Waals surface area contributed by atoms with Crippen LogP contribution in [0.4, 0.5) is 5.69 Å². The highest BCUT2D eigenvalue weighted by molar-refractivity contribution is 5.95. The molecule has 7 heteroatoms. The minimum absolute atomic E-state index is 0.258. The minimum atomic E-state index is -0.621. The summed E-state index contributed by atoms with van der Waals surface area (Å²) in [5.74, 6) is -1.05. The van der Waals surface area contributed by atoms with Crippen molar-refractivity contribution < 1.29 is 14.3 Å². The van der Waals surface area contributed by atoms with Gasteiger partial charge in [0, 0.05) is 17.6 Å². The average Bonchev–Trinajstić information content (AvgIpc) is 3.16. The summed E-state index contributed by atoms with van der Waals surface area (Å²) in [6.45, 7) is 1.39. The van der Waals surface area contributed by atoms with E-state index in [1.165, 1.54) is 4.57 Å². The van der Waals surface area contributed by atoms with Gasteiger partial charge in [0.25, 0.3) is 5.91 Å². The lowest BCUT2D eigenvalue weighted by Crippen LogP contribution is -2.21. The maximum Gasteiger partial charge on any atom is 0.338 e. The van der Waals surface area contributed by atoms with Gasteiger partial charge in [0.15, 0.2) is 6.61 Å². The average molecular weight is 427 g/mol. The predicted molar refractivity (Wildman–Crippen MR) is 122 cm³/mol. The van der Waals surface area contributed by atoms with Crippen LogP contribution in [0.15, 0.2) is 89.9 Å². The van der Waals surface area contributed by atoms with Crippen molar-refractivity contribution in [3.8, 4) is 16.8 Å². The van der Waals surface area contributed by atoms with Crippen LogP contribution in [0.5, 0.6) is 0 Å². The van der Waals surface area contributed by atoms with E-state index in [0.717, 1.165) is 16.8 Å². The van der Waals surface area contributed by atoms with E-state index < -0.39 is 18.5 Å². The van der Waals surface area contributed by atoms with Crippen LogP contribution in [-0.2, 0) is 9.53 Å². The molecule has 0 radical (unpaired) electrons. The number of carbonyl (C=O) groups excluding carboxylic acids is 2. The highest BCUT2D eigenvalue weighted by Crippen LogP contribution is 2.21. The third-order valence-electron chi connectivity index (χ3n) is 4.93. The molecule has 1 amide bonds. The summed E-state index contributed by atoms with van der Waals surface area (Å²) in [6.07, 6.45) is 1.61.